The first-order valence-electron chi connectivity index (χ1n) is 16.0. The molecule has 256 valence electrons. The zero-order valence-electron chi connectivity index (χ0n) is 27.5. The lowest BCUT2D eigenvalue weighted by Crippen LogP contribution is -2.13. The average Bonchev–Trinajstić information content (AvgIpc) is 3.56. The molecule has 0 saturated carbocycles. The summed E-state index contributed by atoms with van der Waals surface area (Å²) >= 11 is 0. The molecule has 6 aromatic carbocycles. The van der Waals surface area contributed by atoms with Crippen LogP contribution in [0.5, 0.6) is 0 Å². The van der Waals surface area contributed by atoms with Gasteiger partial charge < -0.3 is 9.13 Å². The quantitative estimate of drug-likeness (QED) is 0.0988. The van der Waals surface area contributed by atoms with Gasteiger partial charge in [-0.05, 0) is 86.3 Å². The summed E-state index contributed by atoms with van der Waals surface area (Å²) in [5, 5.41) is 2.45. The number of alkyl halides is 3. The van der Waals surface area contributed by atoms with Crippen LogP contribution >= 0.6 is 0 Å². The smallest absolute Gasteiger partial charge is 0.309 e. The van der Waals surface area contributed by atoms with Crippen LogP contribution in [0.3, 0.4) is 0 Å². The van der Waals surface area contributed by atoms with Gasteiger partial charge in [0.2, 0.25) is 5.82 Å². The van der Waals surface area contributed by atoms with Crippen LogP contribution in [0.4, 0.5) is 35.1 Å². The fourth-order valence-corrected chi connectivity index (χ4v) is 7.21. The topological polar surface area (TPSA) is 9.86 Å². The molecular weight excluding hydrogens is 672 g/mol. The first kappa shape index (κ1) is 32.6. The van der Waals surface area contributed by atoms with Gasteiger partial charge in [-0.3, -0.25) is 0 Å². The van der Waals surface area contributed by atoms with Gasteiger partial charge in [-0.1, -0.05) is 48.5 Å². The Balaban J connectivity index is 1.70. The normalized spacial score (nSPS) is 12.3. The molecule has 10 heteroatoms. The summed E-state index contributed by atoms with van der Waals surface area (Å²) < 4.78 is 125. The minimum absolute atomic E-state index is 0.375. The zero-order valence-corrected chi connectivity index (χ0v) is 27.5. The van der Waals surface area contributed by atoms with Gasteiger partial charge in [0.1, 0.15) is 0 Å². The number of rotatable bonds is 3. The van der Waals surface area contributed by atoms with Crippen molar-refractivity contribution in [1.29, 1.82) is 0 Å². The molecule has 2 aromatic heterocycles. The van der Waals surface area contributed by atoms with Crippen molar-refractivity contribution in [3.05, 3.63) is 142 Å². The molecule has 0 aliphatic rings. The molecule has 2 nitrogen and oxygen atoms in total. The van der Waals surface area contributed by atoms with Crippen LogP contribution in [0.25, 0.3) is 66.1 Å². The summed E-state index contributed by atoms with van der Waals surface area (Å²) in [4.78, 5) is 0. The van der Waals surface area contributed by atoms with E-state index >= 15 is 30.7 Å². The van der Waals surface area contributed by atoms with Crippen LogP contribution < -0.4 is 0 Å². The van der Waals surface area contributed by atoms with Gasteiger partial charge in [0.05, 0.1) is 44.6 Å². The van der Waals surface area contributed by atoms with Crippen molar-refractivity contribution in [3.63, 3.8) is 0 Å². The number of aromatic nitrogens is 2. The largest absolute Gasteiger partial charge is 0.416 e. The Morgan fingerprint density at radius 3 is 0.980 bits per heavy atom. The molecule has 8 rings (SSSR count). The predicted molar refractivity (Wildman–Crippen MR) is 184 cm³/mol. The number of nitrogens with zero attached hydrogens (tertiary/aromatic N) is 2. The summed E-state index contributed by atoms with van der Waals surface area (Å²) in [6.07, 6.45) is -4.99. The van der Waals surface area contributed by atoms with Crippen LogP contribution in [0.2, 0.25) is 0 Å². The molecule has 0 aliphatic heterocycles. The molecule has 0 N–H and O–H groups in total. The third-order valence-electron chi connectivity index (χ3n) is 9.52. The Bertz CT molecular complexity index is 2490. The first-order valence-corrected chi connectivity index (χ1v) is 16.0. The van der Waals surface area contributed by atoms with Crippen LogP contribution in [0.1, 0.15) is 27.8 Å². The molecule has 0 amide bonds. The molecule has 0 saturated heterocycles. The van der Waals surface area contributed by atoms with Crippen molar-refractivity contribution in [2.45, 2.75) is 33.9 Å². The summed E-state index contributed by atoms with van der Waals surface area (Å²) in [5.41, 5.74) is 0.399. The van der Waals surface area contributed by atoms with Crippen molar-refractivity contribution < 1.29 is 35.1 Å². The van der Waals surface area contributed by atoms with Gasteiger partial charge in [-0.15, -0.1) is 0 Å². The van der Waals surface area contributed by atoms with E-state index < -0.39 is 63.3 Å². The number of fused-ring (bicyclic) bond motifs is 6. The number of hydrogen-bond donors (Lipinski definition) is 0. The monoisotopic (exact) mass is 698 g/mol. The molecule has 8 aromatic rings. The summed E-state index contributed by atoms with van der Waals surface area (Å²) in [6, 6.07) is 22.7. The summed E-state index contributed by atoms with van der Waals surface area (Å²) in [5.74, 6) is -11.2. The van der Waals surface area contributed by atoms with Gasteiger partial charge in [-0.2, -0.15) is 13.2 Å². The van der Waals surface area contributed by atoms with E-state index in [1.165, 1.54) is 9.13 Å². The standard InChI is InChI=1S/C41H26F8N2/c1-19-5-9-24-25-10-6-20(2)14-29(25)50(28(24)13-19)32-17-23(41(47,48)49)18-33(34(32)35-36(42)38(44)40(46)39(45)37(35)43)51-30-15-21(3)7-11-26(30)27-12-8-22(4)16-31(27)51/h5-18H,1-4H3. The minimum atomic E-state index is -4.99. The number of benzene rings is 6. The molecule has 0 radical (unpaired) electrons. The van der Waals surface area contributed by atoms with Crippen molar-refractivity contribution in [1.82, 2.24) is 9.13 Å². The van der Waals surface area contributed by atoms with Crippen molar-refractivity contribution >= 4 is 43.6 Å². The molecule has 0 atom stereocenters. The highest BCUT2D eigenvalue weighted by molar-refractivity contribution is 6.12. The van der Waals surface area contributed by atoms with Crippen molar-refractivity contribution in [2.24, 2.45) is 0 Å². The van der Waals surface area contributed by atoms with Gasteiger partial charge in [-0.25, -0.2) is 22.0 Å². The van der Waals surface area contributed by atoms with E-state index in [0.717, 1.165) is 22.3 Å². The van der Waals surface area contributed by atoms with Gasteiger partial charge in [0.15, 0.2) is 23.3 Å². The highest BCUT2D eigenvalue weighted by atomic mass is 19.4. The predicted octanol–water partition coefficient (Wildman–Crippen LogP) is 12.5. The minimum Gasteiger partial charge on any atom is -0.309 e. The molecule has 0 spiro atoms. The maximum atomic E-state index is 16.2. The van der Waals surface area contributed by atoms with Crippen molar-refractivity contribution in [2.75, 3.05) is 0 Å². The first-order chi connectivity index (χ1) is 24.1. The van der Waals surface area contributed by atoms with Crippen LogP contribution in [-0.2, 0) is 6.18 Å². The lowest BCUT2D eigenvalue weighted by molar-refractivity contribution is -0.137. The Hall–Kier alpha value is -5.64. The fourth-order valence-electron chi connectivity index (χ4n) is 7.21. The fraction of sp³-hybridized carbons (Fsp3) is 0.122. The van der Waals surface area contributed by atoms with E-state index in [-0.39, 0.29) is 0 Å². The Kier molecular flexibility index (Phi) is 7.14. The molecule has 0 bridgehead atoms. The van der Waals surface area contributed by atoms with Crippen molar-refractivity contribution in [3.8, 4) is 22.5 Å². The van der Waals surface area contributed by atoms with E-state index in [1.54, 1.807) is 76.2 Å². The van der Waals surface area contributed by atoms with Gasteiger partial charge in [0, 0.05) is 27.1 Å². The second-order valence-electron chi connectivity index (χ2n) is 13.1. The van der Waals surface area contributed by atoms with Crippen LogP contribution in [0, 0.1) is 56.8 Å². The SMILES string of the molecule is Cc1ccc2c3ccc(C)cc3n(-c3cc(C(F)(F)F)cc(-n4c5cc(C)ccc5c5ccc(C)cc54)c3-c3c(F)c(F)c(F)c(F)c3F)c2c1. The lowest BCUT2D eigenvalue weighted by Gasteiger charge is -2.23. The van der Waals surface area contributed by atoms with Crippen LogP contribution in [0.15, 0.2) is 84.9 Å². The van der Waals surface area contributed by atoms with E-state index in [1.807, 2.05) is 24.3 Å². The third kappa shape index (κ3) is 4.83. The second-order valence-corrected chi connectivity index (χ2v) is 13.1. The summed E-state index contributed by atoms with van der Waals surface area (Å²) in [6.45, 7) is 7.10. The second kappa shape index (κ2) is 11.2. The lowest BCUT2D eigenvalue weighted by atomic mass is 9.96. The molecule has 0 aliphatic carbocycles. The Morgan fingerprint density at radius 1 is 0.392 bits per heavy atom. The highest BCUT2D eigenvalue weighted by Gasteiger charge is 2.37. The Labute approximate surface area is 285 Å². The number of hydrogen-bond acceptors (Lipinski definition) is 0. The number of aryl methyl sites for hydroxylation is 4. The molecule has 0 fully saturated rings. The van der Waals surface area contributed by atoms with E-state index in [0.29, 0.717) is 55.7 Å². The maximum absolute atomic E-state index is 16.2. The highest BCUT2D eigenvalue weighted by Crippen LogP contribution is 2.47. The maximum Gasteiger partial charge on any atom is 0.416 e. The average molecular weight is 699 g/mol. The van der Waals surface area contributed by atoms with Crippen LogP contribution in [-0.4, -0.2) is 9.13 Å². The molecule has 51 heavy (non-hydrogen) atoms. The Morgan fingerprint density at radius 2 is 0.686 bits per heavy atom. The summed E-state index contributed by atoms with van der Waals surface area (Å²) in [7, 11) is 0. The zero-order chi connectivity index (χ0) is 36.3. The molecule has 2 heterocycles. The van der Waals surface area contributed by atoms with Gasteiger partial charge in [0.25, 0.3) is 0 Å². The van der Waals surface area contributed by atoms with Gasteiger partial charge >= 0.3 is 6.18 Å². The van der Waals surface area contributed by atoms with E-state index in [2.05, 4.69) is 0 Å². The molecular formula is C41H26F8N2. The molecule has 0 unspecified atom stereocenters. The number of halogens is 8. The third-order valence-corrected chi connectivity index (χ3v) is 9.52. The van der Waals surface area contributed by atoms with E-state index in [9.17, 15) is 4.39 Å². The van der Waals surface area contributed by atoms with E-state index in [4.69, 9.17) is 0 Å².